The van der Waals surface area contributed by atoms with Crippen molar-refractivity contribution in [3.63, 3.8) is 0 Å². The zero-order valence-corrected chi connectivity index (χ0v) is 17.9. The van der Waals surface area contributed by atoms with E-state index in [1.807, 2.05) is 24.4 Å². The van der Waals surface area contributed by atoms with Crippen molar-refractivity contribution in [2.24, 2.45) is 0 Å². The lowest BCUT2D eigenvalue weighted by Crippen LogP contribution is -2.31. The number of hydrogen-bond acceptors (Lipinski definition) is 5. The first kappa shape index (κ1) is 20.5. The number of aromatic nitrogens is 4. The van der Waals surface area contributed by atoms with Crippen LogP contribution >= 0.6 is 0 Å². The average molecular weight is 429 g/mol. The number of hydrogen-bond donors (Lipinski definition) is 0. The van der Waals surface area contributed by atoms with E-state index in [0.717, 1.165) is 48.1 Å². The Morgan fingerprint density at radius 1 is 1.09 bits per heavy atom. The van der Waals surface area contributed by atoms with Gasteiger partial charge in [0.25, 0.3) is 0 Å². The fourth-order valence-corrected chi connectivity index (χ4v) is 4.15. The Morgan fingerprint density at radius 2 is 1.88 bits per heavy atom. The minimum Gasteiger partial charge on any atom is -0.306 e. The highest BCUT2D eigenvalue weighted by Crippen LogP contribution is 2.25. The highest BCUT2D eigenvalue weighted by Gasteiger charge is 2.19. The van der Waals surface area contributed by atoms with Crippen LogP contribution in [0.4, 0.5) is 4.39 Å². The van der Waals surface area contributed by atoms with Gasteiger partial charge in [0.15, 0.2) is 5.78 Å². The van der Waals surface area contributed by atoms with Crippen molar-refractivity contribution < 1.29 is 9.18 Å². The van der Waals surface area contributed by atoms with Crippen molar-refractivity contribution in [3.05, 3.63) is 78.1 Å². The van der Waals surface area contributed by atoms with Gasteiger partial charge in [-0.25, -0.2) is 9.37 Å². The van der Waals surface area contributed by atoms with E-state index in [1.54, 1.807) is 6.20 Å². The Labute approximate surface area is 185 Å². The molecule has 32 heavy (non-hydrogen) atoms. The molecule has 0 unspecified atom stereocenters. The molecule has 5 rings (SSSR count). The number of rotatable bonds is 5. The predicted octanol–water partition coefficient (Wildman–Crippen LogP) is 4.32. The van der Waals surface area contributed by atoms with Crippen molar-refractivity contribution in [1.29, 1.82) is 0 Å². The third-order valence-electron chi connectivity index (χ3n) is 6.10. The molecule has 4 aromatic rings. The maximum Gasteiger partial charge on any atom is 0.168 e. The van der Waals surface area contributed by atoms with Crippen LogP contribution in [-0.2, 0) is 6.42 Å². The third-order valence-corrected chi connectivity index (χ3v) is 6.10. The Kier molecular flexibility index (Phi) is 5.49. The molecule has 0 radical (unpaired) electrons. The molecule has 6 nitrogen and oxygen atoms in total. The number of nitrogens with zero attached hydrogens (tertiary/aromatic N) is 5. The fourth-order valence-electron chi connectivity index (χ4n) is 4.15. The number of carbonyl (C=O) groups excluding carboxylic acids is 1. The van der Waals surface area contributed by atoms with Crippen molar-refractivity contribution in [3.8, 4) is 11.3 Å². The molecule has 1 fully saturated rings. The number of ketones is 1. The first-order chi connectivity index (χ1) is 15.5. The molecule has 0 N–H and O–H groups in total. The molecule has 0 atom stereocenters. The molecule has 7 heteroatoms. The fraction of sp³-hybridized carbons (Fsp3) is 0.280. The van der Waals surface area contributed by atoms with Gasteiger partial charge in [0.05, 0.1) is 35.6 Å². The van der Waals surface area contributed by atoms with Gasteiger partial charge in [0, 0.05) is 28.9 Å². The summed E-state index contributed by atoms with van der Waals surface area (Å²) in [6.07, 6.45) is 8.01. The van der Waals surface area contributed by atoms with Gasteiger partial charge in [-0.2, -0.15) is 5.10 Å². The number of carbonyl (C=O) groups is 1. The van der Waals surface area contributed by atoms with Gasteiger partial charge in [-0.15, -0.1) is 0 Å². The van der Waals surface area contributed by atoms with E-state index in [4.69, 9.17) is 4.98 Å². The van der Waals surface area contributed by atoms with Crippen LogP contribution in [0, 0.1) is 5.82 Å². The molecule has 1 aliphatic heterocycles. The van der Waals surface area contributed by atoms with E-state index in [1.165, 1.54) is 24.3 Å². The van der Waals surface area contributed by atoms with E-state index in [0.29, 0.717) is 17.3 Å². The summed E-state index contributed by atoms with van der Waals surface area (Å²) in [6.45, 7) is 2.17. The second kappa shape index (κ2) is 8.59. The van der Waals surface area contributed by atoms with Crippen LogP contribution in [0.3, 0.4) is 0 Å². The molecular weight excluding hydrogens is 405 g/mol. The van der Waals surface area contributed by atoms with Gasteiger partial charge in [0.2, 0.25) is 0 Å². The summed E-state index contributed by atoms with van der Waals surface area (Å²) in [5.74, 6) is -0.464. The molecule has 0 aliphatic carbocycles. The minimum atomic E-state index is -0.360. The van der Waals surface area contributed by atoms with Gasteiger partial charge < -0.3 is 4.90 Å². The monoisotopic (exact) mass is 429 g/mol. The summed E-state index contributed by atoms with van der Waals surface area (Å²) in [5, 5.41) is 5.50. The zero-order chi connectivity index (χ0) is 22.1. The van der Waals surface area contributed by atoms with Crippen LogP contribution in [0.5, 0.6) is 0 Å². The van der Waals surface area contributed by atoms with Crippen LogP contribution in [0.15, 0.2) is 61.1 Å². The summed E-state index contributed by atoms with van der Waals surface area (Å²) >= 11 is 0. The zero-order valence-electron chi connectivity index (χ0n) is 17.9. The van der Waals surface area contributed by atoms with Crippen LogP contribution in [0.1, 0.15) is 34.9 Å². The first-order valence-corrected chi connectivity index (χ1v) is 10.8. The normalized spacial score (nSPS) is 15.3. The number of pyridine rings is 2. The predicted molar refractivity (Wildman–Crippen MR) is 121 cm³/mol. The number of halogens is 1. The van der Waals surface area contributed by atoms with E-state index in [2.05, 4.69) is 32.9 Å². The maximum atomic E-state index is 13.1. The van der Waals surface area contributed by atoms with Crippen LogP contribution in [0.25, 0.3) is 22.2 Å². The summed E-state index contributed by atoms with van der Waals surface area (Å²) in [6, 6.07) is 11.8. The summed E-state index contributed by atoms with van der Waals surface area (Å²) in [5.41, 5.74) is 3.71. The lowest BCUT2D eigenvalue weighted by molar-refractivity contribution is 0.0992. The van der Waals surface area contributed by atoms with Gasteiger partial charge in [-0.3, -0.25) is 14.5 Å². The number of piperidine rings is 1. The lowest BCUT2D eigenvalue weighted by Gasteiger charge is -2.28. The minimum absolute atomic E-state index is 0.104. The first-order valence-electron chi connectivity index (χ1n) is 10.8. The molecule has 0 saturated carbocycles. The molecule has 162 valence electrons. The Morgan fingerprint density at radius 3 is 2.66 bits per heavy atom. The maximum absolute atomic E-state index is 13.1. The van der Waals surface area contributed by atoms with E-state index < -0.39 is 0 Å². The van der Waals surface area contributed by atoms with Gasteiger partial charge in [-0.05, 0) is 75.4 Å². The quantitative estimate of drug-likeness (QED) is 0.442. The molecular formula is C25H24FN5O. The third kappa shape index (κ3) is 4.29. The summed E-state index contributed by atoms with van der Waals surface area (Å²) < 4.78 is 15.2. The molecule has 4 heterocycles. The standard InChI is InChI=1S/C25H24FN5O/c1-30-10-8-22(9-11-30)31-16-19(15-28-31)23-7-4-18-14-27-21(12-24(18)29-23)13-25(32)17-2-5-20(26)6-3-17/h2-7,12,14-16,22H,8-11,13H2,1H3. The van der Waals surface area contributed by atoms with Crippen molar-refractivity contribution in [2.45, 2.75) is 25.3 Å². The Balaban J connectivity index is 1.36. The highest BCUT2D eigenvalue weighted by molar-refractivity contribution is 5.97. The highest BCUT2D eigenvalue weighted by atomic mass is 19.1. The molecule has 0 amide bonds. The smallest absolute Gasteiger partial charge is 0.168 e. The number of Topliss-reactive ketones (excluding diaryl/α,β-unsaturated/α-hetero) is 1. The van der Waals surface area contributed by atoms with Crippen LogP contribution < -0.4 is 0 Å². The SMILES string of the molecule is CN1CCC(n2cc(-c3ccc4cnc(CC(=O)c5ccc(F)cc5)cc4n3)cn2)CC1. The van der Waals surface area contributed by atoms with Gasteiger partial charge in [0.1, 0.15) is 5.82 Å². The average Bonchev–Trinajstić information content (AvgIpc) is 3.30. The molecule has 1 aliphatic rings. The largest absolute Gasteiger partial charge is 0.306 e. The summed E-state index contributed by atoms with van der Waals surface area (Å²) in [4.78, 5) is 24.1. The number of fused-ring (bicyclic) bond motifs is 1. The second-order valence-electron chi connectivity index (χ2n) is 8.42. The molecule has 1 aromatic carbocycles. The summed E-state index contributed by atoms with van der Waals surface area (Å²) in [7, 11) is 2.15. The molecule has 3 aromatic heterocycles. The topological polar surface area (TPSA) is 63.9 Å². The molecule has 0 spiro atoms. The van der Waals surface area contributed by atoms with Crippen LogP contribution in [0.2, 0.25) is 0 Å². The number of likely N-dealkylation sites (tertiary alicyclic amines) is 1. The lowest BCUT2D eigenvalue weighted by atomic mass is 10.1. The van der Waals surface area contributed by atoms with E-state index >= 15 is 0 Å². The van der Waals surface area contributed by atoms with Gasteiger partial charge in [-0.1, -0.05) is 0 Å². The molecule has 0 bridgehead atoms. The van der Waals surface area contributed by atoms with Crippen molar-refractivity contribution in [2.75, 3.05) is 20.1 Å². The second-order valence-corrected chi connectivity index (χ2v) is 8.42. The molecule has 1 saturated heterocycles. The van der Waals surface area contributed by atoms with E-state index in [-0.39, 0.29) is 18.0 Å². The van der Waals surface area contributed by atoms with Gasteiger partial charge >= 0.3 is 0 Å². The Bertz CT molecular complexity index is 1260. The number of benzene rings is 1. The van der Waals surface area contributed by atoms with Crippen LogP contribution in [-0.4, -0.2) is 50.6 Å². The van der Waals surface area contributed by atoms with Crippen molar-refractivity contribution >= 4 is 16.7 Å². The Hall–Kier alpha value is -3.45. The van der Waals surface area contributed by atoms with E-state index in [9.17, 15) is 9.18 Å². The van der Waals surface area contributed by atoms with Crippen molar-refractivity contribution in [1.82, 2.24) is 24.6 Å².